The number of aromatic nitrogens is 4. The van der Waals surface area contributed by atoms with Crippen molar-refractivity contribution in [3.05, 3.63) is 35.7 Å². The Hall–Kier alpha value is -2.84. The van der Waals surface area contributed by atoms with E-state index in [9.17, 15) is 43.5 Å². The Balaban J connectivity index is 2.28. The van der Waals surface area contributed by atoms with E-state index in [2.05, 4.69) is 15.0 Å². The molecule has 32 heavy (non-hydrogen) atoms. The lowest BCUT2D eigenvalue weighted by atomic mass is 10.1. The first-order valence-electron chi connectivity index (χ1n) is 8.58. The van der Waals surface area contributed by atoms with Gasteiger partial charge in [0.1, 0.15) is 11.2 Å². The SMILES string of the molecule is CCS(=O)(=O)c1cc(C(F)(F)F)cnc1-c1nc2cc(C(F)(F)C(F)(F)F)cnc2n1C. The van der Waals surface area contributed by atoms with E-state index < -0.39 is 61.1 Å². The number of aryl methyl sites for hydroxylation is 1. The first-order valence-corrected chi connectivity index (χ1v) is 10.2. The number of pyridine rings is 2. The number of rotatable bonds is 4. The molecule has 0 aliphatic carbocycles. The fourth-order valence-electron chi connectivity index (χ4n) is 2.78. The summed E-state index contributed by atoms with van der Waals surface area (Å²) >= 11 is 0. The second-order valence-electron chi connectivity index (χ2n) is 6.61. The molecule has 0 radical (unpaired) electrons. The second kappa shape index (κ2) is 7.35. The largest absolute Gasteiger partial charge is 0.458 e. The number of halogens is 8. The lowest BCUT2D eigenvalue weighted by Crippen LogP contribution is -2.33. The number of imidazole rings is 1. The van der Waals surface area contributed by atoms with Crippen molar-refractivity contribution in [2.45, 2.75) is 30.1 Å². The molecule has 3 aromatic rings. The van der Waals surface area contributed by atoms with Gasteiger partial charge in [0.2, 0.25) is 0 Å². The number of hydrogen-bond donors (Lipinski definition) is 0. The topological polar surface area (TPSA) is 77.7 Å². The van der Waals surface area contributed by atoms with Crippen LogP contribution in [0, 0.1) is 0 Å². The predicted octanol–water partition coefficient (Wildman–Crippen LogP) is 4.50. The van der Waals surface area contributed by atoms with Crippen molar-refractivity contribution in [3.8, 4) is 11.5 Å². The second-order valence-corrected chi connectivity index (χ2v) is 8.85. The summed E-state index contributed by atoms with van der Waals surface area (Å²) in [5.41, 5.74) is -4.08. The van der Waals surface area contributed by atoms with Crippen molar-refractivity contribution >= 4 is 21.0 Å². The van der Waals surface area contributed by atoms with Gasteiger partial charge in [0.05, 0.1) is 21.8 Å². The minimum atomic E-state index is -5.91. The maximum absolute atomic E-state index is 13.6. The standard InChI is InChI=1S/C17H12F8N4O2S/c1-3-32(30,31)11-5-9(16(20,21)22)7-26-12(11)14-28-10-4-8(6-27-13(10)29(14)2)15(18,19)17(23,24)25/h4-7H,3H2,1-2H3. The maximum Gasteiger partial charge on any atom is 0.458 e. The van der Waals surface area contributed by atoms with Gasteiger partial charge in [0, 0.05) is 19.4 Å². The van der Waals surface area contributed by atoms with Crippen molar-refractivity contribution in [1.82, 2.24) is 19.5 Å². The zero-order valence-corrected chi connectivity index (χ0v) is 16.9. The molecular weight excluding hydrogens is 476 g/mol. The van der Waals surface area contributed by atoms with E-state index in [4.69, 9.17) is 0 Å². The summed E-state index contributed by atoms with van der Waals surface area (Å²) in [6.45, 7) is 1.18. The zero-order chi connectivity index (χ0) is 24.3. The van der Waals surface area contributed by atoms with Crippen molar-refractivity contribution in [1.29, 1.82) is 0 Å². The molecule has 3 aromatic heterocycles. The van der Waals surface area contributed by atoms with Gasteiger partial charge in [-0.05, 0) is 12.1 Å². The molecule has 0 aromatic carbocycles. The van der Waals surface area contributed by atoms with E-state index in [-0.39, 0.29) is 17.7 Å². The molecular formula is C17H12F8N4O2S. The van der Waals surface area contributed by atoms with Crippen molar-refractivity contribution in [2.75, 3.05) is 5.75 Å². The average Bonchev–Trinajstić information content (AvgIpc) is 3.02. The zero-order valence-electron chi connectivity index (χ0n) is 16.1. The molecule has 3 heterocycles. The van der Waals surface area contributed by atoms with Gasteiger partial charge in [-0.15, -0.1) is 0 Å². The molecule has 0 aliphatic rings. The molecule has 174 valence electrons. The molecule has 0 N–H and O–H groups in total. The highest BCUT2D eigenvalue weighted by Crippen LogP contribution is 2.44. The summed E-state index contributed by atoms with van der Waals surface area (Å²) < 4.78 is 130. The van der Waals surface area contributed by atoms with Crippen LogP contribution in [0.3, 0.4) is 0 Å². The Kier molecular flexibility index (Phi) is 5.47. The normalized spacial score (nSPS) is 13.7. The van der Waals surface area contributed by atoms with Crippen LogP contribution in [0.15, 0.2) is 29.4 Å². The highest BCUT2D eigenvalue weighted by molar-refractivity contribution is 7.91. The number of alkyl halides is 8. The Morgan fingerprint density at radius 1 is 0.938 bits per heavy atom. The highest BCUT2D eigenvalue weighted by atomic mass is 32.2. The van der Waals surface area contributed by atoms with Crippen LogP contribution in [0.5, 0.6) is 0 Å². The molecule has 0 bridgehead atoms. The third kappa shape index (κ3) is 3.89. The number of hydrogen-bond acceptors (Lipinski definition) is 5. The van der Waals surface area contributed by atoms with Crippen LogP contribution >= 0.6 is 0 Å². The van der Waals surface area contributed by atoms with Gasteiger partial charge in [0.15, 0.2) is 21.3 Å². The molecule has 3 rings (SSSR count). The summed E-state index contributed by atoms with van der Waals surface area (Å²) in [4.78, 5) is 10.1. The summed E-state index contributed by atoms with van der Waals surface area (Å²) in [5.74, 6) is -6.22. The number of fused-ring (bicyclic) bond motifs is 1. The quantitative estimate of drug-likeness (QED) is 0.506. The molecule has 0 saturated heterocycles. The molecule has 0 atom stereocenters. The van der Waals surface area contributed by atoms with E-state index in [1.807, 2.05) is 0 Å². The lowest BCUT2D eigenvalue weighted by Gasteiger charge is -2.19. The minimum Gasteiger partial charge on any atom is -0.310 e. The Morgan fingerprint density at radius 3 is 2.06 bits per heavy atom. The van der Waals surface area contributed by atoms with E-state index in [1.54, 1.807) is 0 Å². The molecule has 0 aliphatic heterocycles. The highest BCUT2D eigenvalue weighted by Gasteiger charge is 2.59. The van der Waals surface area contributed by atoms with Crippen LogP contribution in [0.2, 0.25) is 0 Å². The fourth-order valence-corrected chi connectivity index (χ4v) is 3.84. The van der Waals surface area contributed by atoms with Gasteiger partial charge in [-0.3, -0.25) is 4.98 Å². The molecule has 0 saturated carbocycles. The third-order valence-electron chi connectivity index (χ3n) is 4.53. The van der Waals surface area contributed by atoms with Crippen molar-refractivity contribution < 1.29 is 43.5 Å². The monoisotopic (exact) mass is 488 g/mol. The van der Waals surface area contributed by atoms with E-state index in [0.29, 0.717) is 18.3 Å². The maximum atomic E-state index is 13.6. The van der Waals surface area contributed by atoms with Crippen LogP contribution in [0.4, 0.5) is 35.1 Å². The molecule has 0 unspecified atom stereocenters. The Bertz CT molecular complexity index is 1300. The summed E-state index contributed by atoms with van der Waals surface area (Å²) in [6.07, 6.45) is -10.2. The predicted molar refractivity (Wildman–Crippen MR) is 94.4 cm³/mol. The van der Waals surface area contributed by atoms with E-state index in [1.165, 1.54) is 14.0 Å². The average molecular weight is 488 g/mol. The van der Waals surface area contributed by atoms with Crippen LogP contribution in [0.25, 0.3) is 22.7 Å². The molecule has 6 nitrogen and oxygen atoms in total. The van der Waals surface area contributed by atoms with Crippen LogP contribution in [-0.4, -0.2) is 39.9 Å². The van der Waals surface area contributed by atoms with Crippen molar-refractivity contribution in [2.24, 2.45) is 7.05 Å². The minimum absolute atomic E-state index is 0.219. The summed E-state index contributed by atoms with van der Waals surface area (Å²) in [6, 6.07) is 0.772. The van der Waals surface area contributed by atoms with Gasteiger partial charge in [0.25, 0.3) is 0 Å². The first-order chi connectivity index (χ1) is 14.5. The van der Waals surface area contributed by atoms with E-state index in [0.717, 1.165) is 4.57 Å². The lowest BCUT2D eigenvalue weighted by molar-refractivity contribution is -0.289. The summed E-state index contributed by atoms with van der Waals surface area (Å²) in [7, 11) is -3.05. The molecule has 0 spiro atoms. The van der Waals surface area contributed by atoms with Crippen LogP contribution < -0.4 is 0 Å². The first kappa shape index (κ1) is 23.8. The smallest absolute Gasteiger partial charge is 0.310 e. The van der Waals surface area contributed by atoms with Crippen LogP contribution in [0.1, 0.15) is 18.1 Å². The van der Waals surface area contributed by atoms with Crippen LogP contribution in [-0.2, 0) is 29.0 Å². The number of nitrogens with zero attached hydrogens (tertiary/aromatic N) is 4. The summed E-state index contributed by atoms with van der Waals surface area (Å²) in [5, 5.41) is 0. The van der Waals surface area contributed by atoms with Gasteiger partial charge < -0.3 is 4.57 Å². The van der Waals surface area contributed by atoms with Gasteiger partial charge in [-0.25, -0.2) is 18.4 Å². The number of sulfone groups is 1. The molecule has 0 amide bonds. The van der Waals surface area contributed by atoms with Crippen molar-refractivity contribution in [3.63, 3.8) is 0 Å². The van der Waals surface area contributed by atoms with Gasteiger partial charge in [-0.2, -0.15) is 35.1 Å². The fraction of sp³-hybridized carbons (Fsp3) is 0.353. The Morgan fingerprint density at radius 2 is 1.53 bits per heavy atom. The molecule has 15 heteroatoms. The third-order valence-corrected chi connectivity index (χ3v) is 6.28. The molecule has 0 fully saturated rings. The van der Waals surface area contributed by atoms with Gasteiger partial charge in [-0.1, -0.05) is 6.92 Å². The van der Waals surface area contributed by atoms with Gasteiger partial charge >= 0.3 is 18.3 Å². The van der Waals surface area contributed by atoms with E-state index >= 15 is 0 Å². The Labute approximate surface area is 174 Å².